The van der Waals surface area contributed by atoms with E-state index in [1.165, 1.54) is 11.3 Å². The molecule has 2 saturated heterocycles. The topological polar surface area (TPSA) is 169 Å². The smallest absolute Gasteiger partial charge is 0.408 e. The highest BCUT2D eigenvalue weighted by molar-refractivity contribution is 6.36. The number of allylic oxidation sites excluding steroid dienone is 1. The quantitative estimate of drug-likeness (QED) is 0.270. The summed E-state index contributed by atoms with van der Waals surface area (Å²) in [5, 5.41) is 17.1. The molecule has 0 bridgehead atoms. The Bertz CT molecular complexity index is 1940. The number of pyridine rings is 1. The number of rotatable bonds is 10. The number of halogens is 1. The van der Waals surface area contributed by atoms with Crippen molar-refractivity contribution in [3.8, 4) is 11.5 Å². The lowest BCUT2D eigenvalue weighted by Crippen LogP contribution is -2.56. The first kappa shape index (κ1) is 39.3. The largest absolute Gasteiger partial charge is 0.491 e. The minimum Gasteiger partial charge on any atom is -0.491 e. The maximum absolute atomic E-state index is 14.6. The van der Waals surface area contributed by atoms with Crippen LogP contribution in [0.3, 0.4) is 0 Å². The number of carboxylic acids is 1. The molecule has 58 heavy (non-hydrogen) atoms. The SMILES string of the molecule is O=C(N[C@H]1CCCCC/C=C\[C@@H]2C[C@@]2(C(=O)O)NC(=O)[C@@H]2C[C@@H](Oc3cc(C4CC4)nc4c(Cl)c(OCCN5CCOCC5)ccc34)CN2C1=O)OC1CC2CC2C1. The van der Waals surface area contributed by atoms with Crippen LogP contribution < -0.4 is 20.1 Å². The molecule has 1 aromatic heterocycles. The number of nitrogens with zero attached hydrogens (tertiary/aromatic N) is 3. The molecule has 9 rings (SSSR count). The fourth-order valence-electron chi connectivity index (χ4n) is 9.54. The number of morpholine rings is 1. The van der Waals surface area contributed by atoms with E-state index in [-0.39, 0.29) is 37.3 Å². The van der Waals surface area contributed by atoms with Crippen molar-refractivity contribution < 1.29 is 43.2 Å². The summed E-state index contributed by atoms with van der Waals surface area (Å²) in [6.45, 7) is 4.40. The van der Waals surface area contributed by atoms with E-state index in [1.807, 2.05) is 30.4 Å². The number of hydrogen-bond donors (Lipinski definition) is 3. The van der Waals surface area contributed by atoms with Crippen molar-refractivity contribution in [2.24, 2.45) is 17.8 Å². The van der Waals surface area contributed by atoms with Crippen molar-refractivity contribution in [3.63, 3.8) is 0 Å². The standard InChI is InChI=1S/C43H54ClN5O9/c44-37-35(56-17-14-48-12-15-55-16-13-48)11-10-31-36(22-33(25-8-9-25)45-38(31)37)57-30-21-34-39(50)47-43(41(52)53)23-28(43)6-4-2-1-3-5-7-32(40(51)49(34)24-30)46-42(54)58-29-19-26-18-27(26)20-29/h4,6,10-11,22,25-30,32,34H,1-3,5,7-9,12-21,23-24H2,(H,46,54)(H,47,50)(H,52,53)/b6-4-/t26?,27?,28-,29?,30-,32+,34+,43-/m1/s1. The zero-order valence-electron chi connectivity index (χ0n) is 32.9. The van der Waals surface area contributed by atoms with E-state index in [0.717, 1.165) is 70.3 Å². The minimum atomic E-state index is -1.44. The molecule has 4 saturated carbocycles. The fraction of sp³-hybridized carbons (Fsp3) is 0.651. The molecule has 7 aliphatic rings. The van der Waals surface area contributed by atoms with Crippen LogP contribution in [-0.4, -0.2) is 120 Å². The number of ether oxygens (including phenoxy) is 4. The third kappa shape index (κ3) is 8.47. The number of aliphatic carboxylic acids is 1. The van der Waals surface area contributed by atoms with Gasteiger partial charge in [-0.25, -0.2) is 9.59 Å². The van der Waals surface area contributed by atoms with Crippen LogP contribution in [0.25, 0.3) is 10.9 Å². The molecule has 3 aliphatic heterocycles. The molecule has 312 valence electrons. The van der Waals surface area contributed by atoms with Crippen molar-refractivity contribution in [2.75, 3.05) is 46.0 Å². The van der Waals surface area contributed by atoms with Crippen LogP contribution in [0.1, 0.15) is 88.7 Å². The van der Waals surface area contributed by atoms with E-state index in [0.29, 0.717) is 71.9 Å². The van der Waals surface area contributed by atoms with Gasteiger partial charge in [0, 0.05) is 55.0 Å². The second kappa shape index (κ2) is 16.5. The molecule has 6 fully saturated rings. The van der Waals surface area contributed by atoms with Crippen LogP contribution in [0.4, 0.5) is 4.79 Å². The van der Waals surface area contributed by atoms with Gasteiger partial charge in [-0.2, -0.15) is 0 Å². The molecule has 3 N–H and O–H groups in total. The molecule has 2 aromatic rings. The van der Waals surface area contributed by atoms with Gasteiger partial charge in [0.1, 0.15) is 53.0 Å². The molecule has 4 aliphatic carbocycles. The lowest BCUT2D eigenvalue weighted by molar-refractivity contribution is -0.145. The van der Waals surface area contributed by atoms with E-state index in [1.54, 1.807) is 0 Å². The normalized spacial score (nSPS) is 33.1. The Hall–Kier alpha value is -4.14. The van der Waals surface area contributed by atoms with Crippen LogP contribution in [0.15, 0.2) is 30.4 Å². The third-order valence-electron chi connectivity index (χ3n) is 13.3. The molecule has 2 unspecified atom stereocenters. The Morgan fingerprint density at radius 2 is 1.83 bits per heavy atom. The van der Waals surface area contributed by atoms with Gasteiger partial charge in [-0.3, -0.25) is 19.5 Å². The second-order valence-corrected chi connectivity index (χ2v) is 17.8. The first-order valence-electron chi connectivity index (χ1n) is 21.4. The summed E-state index contributed by atoms with van der Waals surface area (Å²) in [4.78, 5) is 63.5. The van der Waals surface area contributed by atoms with Gasteiger partial charge in [0.15, 0.2) is 0 Å². The number of carboxylic acid groups (broad SMARTS) is 1. The fourth-order valence-corrected chi connectivity index (χ4v) is 9.81. The molecule has 14 nitrogen and oxygen atoms in total. The Kier molecular flexibility index (Phi) is 11.2. The van der Waals surface area contributed by atoms with Crippen LogP contribution in [0.5, 0.6) is 11.5 Å². The number of benzene rings is 1. The molecular formula is C43H54ClN5O9. The minimum absolute atomic E-state index is 0.0541. The number of aromatic nitrogens is 1. The highest BCUT2D eigenvalue weighted by Crippen LogP contribution is 2.52. The molecular weight excluding hydrogens is 766 g/mol. The maximum atomic E-state index is 14.6. The Morgan fingerprint density at radius 3 is 2.60 bits per heavy atom. The zero-order chi connectivity index (χ0) is 40.0. The lowest BCUT2D eigenvalue weighted by Gasteiger charge is -2.29. The van der Waals surface area contributed by atoms with Crippen molar-refractivity contribution in [2.45, 2.75) is 113 Å². The summed E-state index contributed by atoms with van der Waals surface area (Å²) in [5.74, 6) is 0.181. The predicted molar refractivity (Wildman–Crippen MR) is 213 cm³/mol. The number of alkyl carbamates (subject to hydrolysis) is 1. The van der Waals surface area contributed by atoms with E-state index >= 15 is 0 Å². The molecule has 0 radical (unpaired) electrons. The van der Waals surface area contributed by atoms with Gasteiger partial charge in [0.05, 0.1) is 25.3 Å². The predicted octanol–water partition coefficient (Wildman–Crippen LogP) is 5.20. The number of carbonyl (C=O) groups excluding carboxylic acids is 3. The molecule has 15 heteroatoms. The van der Waals surface area contributed by atoms with Gasteiger partial charge < -0.3 is 39.6 Å². The Balaban J connectivity index is 0.970. The van der Waals surface area contributed by atoms with E-state index < -0.39 is 47.6 Å². The molecule has 1 aromatic carbocycles. The Labute approximate surface area is 343 Å². The first-order chi connectivity index (χ1) is 28.1. The van der Waals surface area contributed by atoms with E-state index in [4.69, 9.17) is 35.5 Å². The molecule has 4 heterocycles. The summed E-state index contributed by atoms with van der Waals surface area (Å²) in [7, 11) is 0. The van der Waals surface area contributed by atoms with Crippen molar-refractivity contribution in [1.29, 1.82) is 0 Å². The van der Waals surface area contributed by atoms with Crippen molar-refractivity contribution in [1.82, 2.24) is 25.4 Å². The maximum Gasteiger partial charge on any atom is 0.408 e. The zero-order valence-corrected chi connectivity index (χ0v) is 33.6. The summed E-state index contributed by atoms with van der Waals surface area (Å²) < 4.78 is 24.2. The van der Waals surface area contributed by atoms with Gasteiger partial charge in [-0.1, -0.05) is 36.6 Å². The second-order valence-electron chi connectivity index (χ2n) is 17.5. The first-order valence-corrected chi connectivity index (χ1v) is 21.8. The van der Waals surface area contributed by atoms with Gasteiger partial charge >= 0.3 is 12.1 Å². The molecule has 3 amide bonds. The molecule has 7 atom stereocenters. The highest BCUT2D eigenvalue weighted by Gasteiger charge is 2.61. The number of amides is 3. The van der Waals surface area contributed by atoms with Gasteiger partial charge in [0.2, 0.25) is 11.8 Å². The van der Waals surface area contributed by atoms with Gasteiger partial charge in [-0.15, -0.1) is 0 Å². The number of nitrogens with one attached hydrogen (secondary N) is 2. The Morgan fingerprint density at radius 1 is 1.02 bits per heavy atom. The summed E-state index contributed by atoms with van der Waals surface area (Å²) >= 11 is 7.01. The summed E-state index contributed by atoms with van der Waals surface area (Å²) in [5.41, 5.74) is -0.0235. The lowest BCUT2D eigenvalue weighted by atomic mass is 10.0. The number of carbonyl (C=O) groups is 4. The van der Waals surface area contributed by atoms with Crippen LogP contribution in [-0.2, 0) is 23.9 Å². The van der Waals surface area contributed by atoms with E-state index in [2.05, 4.69) is 15.5 Å². The van der Waals surface area contributed by atoms with Crippen molar-refractivity contribution >= 4 is 46.4 Å². The van der Waals surface area contributed by atoms with E-state index in [9.17, 15) is 24.3 Å². The summed E-state index contributed by atoms with van der Waals surface area (Å²) in [6.07, 6.45) is 11.2. The van der Waals surface area contributed by atoms with Gasteiger partial charge in [0.25, 0.3) is 0 Å². The number of hydrogen-bond acceptors (Lipinski definition) is 10. The van der Waals surface area contributed by atoms with Gasteiger partial charge in [-0.05, 0) is 81.8 Å². The highest BCUT2D eigenvalue weighted by atomic mass is 35.5. The van der Waals surface area contributed by atoms with Crippen molar-refractivity contribution in [3.05, 3.63) is 41.1 Å². The molecule has 0 spiro atoms. The third-order valence-corrected chi connectivity index (χ3v) is 13.7. The van der Waals surface area contributed by atoms with Crippen LogP contribution in [0, 0.1) is 17.8 Å². The summed E-state index contributed by atoms with van der Waals surface area (Å²) in [6, 6.07) is 3.68. The monoisotopic (exact) mass is 819 g/mol. The van der Waals surface area contributed by atoms with Crippen LogP contribution in [0.2, 0.25) is 5.02 Å². The average Bonchev–Trinajstić information content (AvgIpc) is 4.18. The number of fused-ring (bicyclic) bond motifs is 4. The average molecular weight is 820 g/mol. The van der Waals surface area contributed by atoms with Crippen LogP contribution >= 0.6 is 11.6 Å².